The van der Waals surface area contributed by atoms with Crippen molar-refractivity contribution in [1.29, 1.82) is 0 Å². The van der Waals surface area contributed by atoms with Crippen molar-refractivity contribution in [3.8, 4) is 11.5 Å². The van der Waals surface area contributed by atoms with E-state index in [1.54, 1.807) is 60.7 Å². The predicted molar refractivity (Wildman–Crippen MR) is 128 cm³/mol. The number of Topliss-reactive ketones (excluding diaryl/α,β-unsaturated/α-hetero) is 1. The van der Waals surface area contributed by atoms with E-state index in [2.05, 4.69) is 0 Å². The average Bonchev–Trinajstić information content (AvgIpc) is 2.79. The highest BCUT2D eigenvalue weighted by atomic mass is 35.5. The number of ketones is 1. The fourth-order valence-corrected chi connectivity index (χ4v) is 2.86. The standard InChI is InChI=1S/C26H25NO5.ClH/c1-26(2,3)23(27)22(28)19-14-15-20(31-24(29)17-10-6-4-7-11-17)21(16-19)32-25(30)18-12-8-5-9-13-18;/h4-16,23H,27H2,1-3H3;1H. The highest BCUT2D eigenvalue weighted by Crippen LogP contribution is 2.32. The van der Waals surface area contributed by atoms with Gasteiger partial charge in [-0.3, -0.25) is 4.79 Å². The molecule has 3 aromatic rings. The highest BCUT2D eigenvalue weighted by Gasteiger charge is 2.29. The van der Waals surface area contributed by atoms with Gasteiger partial charge < -0.3 is 15.2 Å². The molecule has 2 N–H and O–H groups in total. The molecule has 0 heterocycles. The van der Waals surface area contributed by atoms with Crippen LogP contribution in [0, 0.1) is 5.41 Å². The normalized spacial score (nSPS) is 11.6. The summed E-state index contributed by atoms with van der Waals surface area (Å²) in [6.45, 7) is 5.59. The molecule has 3 aromatic carbocycles. The summed E-state index contributed by atoms with van der Waals surface area (Å²) < 4.78 is 11.0. The Kier molecular flexibility index (Phi) is 8.51. The van der Waals surface area contributed by atoms with Gasteiger partial charge in [0.2, 0.25) is 0 Å². The molecule has 0 radical (unpaired) electrons. The maximum Gasteiger partial charge on any atom is 0.343 e. The number of esters is 2. The second-order valence-electron chi connectivity index (χ2n) is 8.38. The van der Waals surface area contributed by atoms with Gasteiger partial charge in [-0.25, -0.2) is 9.59 Å². The average molecular weight is 468 g/mol. The van der Waals surface area contributed by atoms with Gasteiger partial charge in [0, 0.05) is 5.56 Å². The van der Waals surface area contributed by atoms with Crippen LogP contribution >= 0.6 is 12.4 Å². The van der Waals surface area contributed by atoms with E-state index in [0.29, 0.717) is 11.1 Å². The maximum atomic E-state index is 12.9. The van der Waals surface area contributed by atoms with Crippen LogP contribution in [0.2, 0.25) is 0 Å². The van der Waals surface area contributed by atoms with Crippen LogP contribution in [-0.2, 0) is 0 Å². The van der Waals surface area contributed by atoms with Crippen LogP contribution in [0.4, 0.5) is 0 Å². The smallest absolute Gasteiger partial charge is 0.343 e. The molecular weight excluding hydrogens is 442 g/mol. The monoisotopic (exact) mass is 467 g/mol. The maximum absolute atomic E-state index is 12.9. The lowest BCUT2D eigenvalue weighted by Gasteiger charge is -2.25. The molecule has 6 nitrogen and oxygen atoms in total. The van der Waals surface area contributed by atoms with Gasteiger partial charge in [-0.05, 0) is 47.9 Å². The predicted octanol–water partition coefficient (Wildman–Crippen LogP) is 5.10. The van der Waals surface area contributed by atoms with Crippen LogP contribution in [-0.4, -0.2) is 23.8 Å². The number of nitrogens with two attached hydrogens (primary N) is 1. The Balaban J connectivity index is 0.00000385. The fourth-order valence-electron chi connectivity index (χ4n) is 2.86. The number of rotatable bonds is 6. The number of hydrogen-bond donors (Lipinski definition) is 1. The summed E-state index contributed by atoms with van der Waals surface area (Å²) >= 11 is 0. The zero-order chi connectivity index (χ0) is 23.3. The Morgan fingerprint density at radius 2 is 1.15 bits per heavy atom. The zero-order valence-electron chi connectivity index (χ0n) is 18.6. The molecular formula is C26H26ClNO5. The van der Waals surface area contributed by atoms with Crippen molar-refractivity contribution in [3.63, 3.8) is 0 Å². The van der Waals surface area contributed by atoms with Gasteiger partial charge in [0.1, 0.15) is 0 Å². The Labute approximate surface area is 199 Å². The number of ether oxygens (including phenoxy) is 2. The minimum absolute atomic E-state index is 0. The van der Waals surface area contributed by atoms with Crippen LogP contribution in [0.1, 0.15) is 51.8 Å². The molecule has 7 heteroatoms. The minimum atomic E-state index is -0.766. The number of carbonyl (C=O) groups excluding carboxylic acids is 3. The number of halogens is 1. The first kappa shape index (κ1) is 25.8. The largest absolute Gasteiger partial charge is 0.419 e. The summed E-state index contributed by atoms with van der Waals surface area (Å²) in [6.07, 6.45) is 0. The summed E-state index contributed by atoms with van der Waals surface area (Å²) in [5.41, 5.74) is 6.56. The van der Waals surface area contributed by atoms with E-state index in [1.165, 1.54) is 18.2 Å². The molecule has 172 valence electrons. The van der Waals surface area contributed by atoms with E-state index in [0.717, 1.165) is 0 Å². The SMILES string of the molecule is CC(C)(C)C(N)C(=O)c1ccc(OC(=O)c2ccccc2)c(OC(=O)c2ccccc2)c1.Cl. The molecule has 0 aliphatic rings. The van der Waals surface area contributed by atoms with E-state index >= 15 is 0 Å². The first-order chi connectivity index (χ1) is 15.2. The van der Waals surface area contributed by atoms with Gasteiger partial charge in [-0.2, -0.15) is 0 Å². The van der Waals surface area contributed by atoms with Crippen molar-refractivity contribution in [2.24, 2.45) is 11.1 Å². The molecule has 0 spiro atoms. The summed E-state index contributed by atoms with van der Waals surface area (Å²) in [7, 11) is 0. The summed E-state index contributed by atoms with van der Waals surface area (Å²) in [6, 6.07) is 20.3. The molecule has 0 amide bonds. The third kappa shape index (κ3) is 6.51. The molecule has 0 saturated heterocycles. The summed E-state index contributed by atoms with van der Waals surface area (Å²) in [5, 5.41) is 0. The summed E-state index contributed by atoms with van der Waals surface area (Å²) in [5.74, 6) is -1.60. The quantitative estimate of drug-likeness (QED) is 0.307. The van der Waals surface area contributed by atoms with E-state index in [9.17, 15) is 14.4 Å². The van der Waals surface area contributed by atoms with Gasteiger partial charge in [0.05, 0.1) is 17.2 Å². The van der Waals surface area contributed by atoms with Crippen molar-refractivity contribution in [2.45, 2.75) is 26.8 Å². The Hall–Kier alpha value is -3.48. The molecule has 33 heavy (non-hydrogen) atoms. The van der Waals surface area contributed by atoms with E-state index in [-0.39, 0.29) is 35.3 Å². The zero-order valence-corrected chi connectivity index (χ0v) is 19.4. The van der Waals surface area contributed by atoms with Crippen molar-refractivity contribution in [3.05, 3.63) is 95.6 Å². The van der Waals surface area contributed by atoms with Gasteiger partial charge in [0.25, 0.3) is 0 Å². The molecule has 0 aliphatic heterocycles. The van der Waals surface area contributed by atoms with Crippen molar-refractivity contribution < 1.29 is 23.9 Å². The number of carbonyl (C=O) groups is 3. The minimum Gasteiger partial charge on any atom is -0.419 e. The lowest BCUT2D eigenvalue weighted by molar-refractivity contribution is 0.0682. The lowest BCUT2D eigenvalue weighted by atomic mass is 9.83. The molecule has 0 bridgehead atoms. The van der Waals surface area contributed by atoms with Crippen LogP contribution in [0.15, 0.2) is 78.9 Å². The van der Waals surface area contributed by atoms with Crippen molar-refractivity contribution in [1.82, 2.24) is 0 Å². The van der Waals surface area contributed by atoms with Crippen LogP contribution in [0.3, 0.4) is 0 Å². The molecule has 0 aromatic heterocycles. The molecule has 3 rings (SSSR count). The number of hydrogen-bond acceptors (Lipinski definition) is 6. The van der Waals surface area contributed by atoms with Gasteiger partial charge in [0.15, 0.2) is 17.3 Å². The van der Waals surface area contributed by atoms with Crippen molar-refractivity contribution in [2.75, 3.05) is 0 Å². The third-order valence-corrected chi connectivity index (χ3v) is 4.87. The Morgan fingerprint density at radius 1 is 0.697 bits per heavy atom. The van der Waals surface area contributed by atoms with Gasteiger partial charge in [-0.15, -0.1) is 12.4 Å². The molecule has 0 saturated carbocycles. The van der Waals surface area contributed by atoms with Crippen LogP contribution < -0.4 is 15.2 Å². The highest BCUT2D eigenvalue weighted by molar-refractivity contribution is 6.01. The van der Waals surface area contributed by atoms with Crippen molar-refractivity contribution >= 4 is 30.1 Å². The van der Waals surface area contributed by atoms with Gasteiger partial charge in [-0.1, -0.05) is 57.2 Å². The fraction of sp³-hybridized carbons (Fsp3) is 0.192. The molecule has 1 unspecified atom stereocenters. The van der Waals surface area contributed by atoms with E-state index < -0.39 is 23.4 Å². The van der Waals surface area contributed by atoms with Gasteiger partial charge >= 0.3 is 11.9 Å². The van der Waals surface area contributed by atoms with E-state index in [4.69, 9.17) is 15.2 Å². The Morgan fingerprint density at radius 3 is 1.61 bits per heavy atom. The number of benzene rings is 3. The van der Waals surface area contributed by atoms with E-state index in [1.807, 2.05) is 20.8 Å². The van der Waals surface area contributed by atoms with Crippen LogP contribution in [0.5, 0.6) is 11.5 Å². The first-order valence-corrected chi connectivity index (χ1v) is 10.1. The Bertz CT molecular complexity index is 1120. The van der Waals surface area contributed by atoms with Crippen LogP contribution in [0.25, 0.3) is 0 Å². The molecule has 0 fully saturated rings. The molecule has 1 atom stereocenters. The summed E-state index contributed by atoms with van der Waals surface area (Å²) in [4.78, 5) is 38.0. The molecule has 0 aliphatic carbocycles. The lowest BCUT2D eigenvalue weighted by Crippen LogP contribution is -2.42. The topological polar surface area (TPSA) is 95.7 Å². The third-order valence-electron chi connectivity index (χ3n) is 4.87. The first-order valence-electron chi connectivity index (χ1n) is 10.1. The second-order valence-corrected chi connectivity index (χ2v) is 8.38. The second kappa shape index (κ2) is 10.9.